The van der Waals surface area contributed by atoms with E-state index in [0.29, 0.717) is 19.1 Å². The predicted molar refractivity (Wildman–Crippen MR) is 81.4 cm³/mol. The molecule has 0 radical (unpaired) electrons. The minimum Gasteiger partial charge on any atom is -0.340 e. The Morgan fingerprint density at radius 1 is 1.40 bits per heavy atom. The van der Waals surface area contributed by atoms with Crippen LogP contribution in [0.2, 0.25) is 0 Å². The van der Waals surface area contributed by atoms with Crippen molar-refractivity contribution in [3.63, 3.8) is 0 Å². The van der Waals surface area contributed by atoms with E-state index < -0.39 is 14.6 Å². The highest BCUT2D eigenvalue weighted by molar-refractivity contribution is 7.92. The van der Waals surface area contributed by atoms with Crippen molar-refractivity contribution in [2.24, 2.45) is 0 Å². The number of rotatable bonds is 7. The zero-order valence-electron chi connectivity index (χ0n) is 13.1. The lowest BCUT2D eigenvalue weighted by Crippen LogP contribution is -2.52. The van der Waals surface area contributed by atoms with Crippen molar-refractivity contribution in [2.45, 2.75) is 57.2 Å². The standard InChI is InChI=1S/C14H28N2O3S/c1-5-6-10-16(11-12-8-7-9-15-12)13(17)14(2,3)20(4,18)19/h12,15H,5-11H2,1-4H3. The summed E-state index contributed by atoms with van der Waals surface area (Å²) >= 11 is 0. The molecule has 0 saturated carbocycles. The molecule has 6 heteroatoms. The van der Waals surface area contributed by atoms with Crippen molar-refractivity contribution in [1.29, 1.82) is 0 Å². The zero-order chi connectivity index (χ0) is 15.4. The second-order valence-corrected chi connectivity index (χ2v) is 8.75. The Bertz CT molecular complexity index is 426. The summed E-state index contributed by atoms with van der Waals surface area (Å²) in [4.78, 5) is 14.4. The van der Waals surface area contributed by atoms with Gasteiger partial charge in [-0.25, -0.2) is 8.42 Å². The molecule has 1 amide bonds. The molecule has 0 aromatic heterocycles. The van der Waals surface area contributed by atoms with Crippen LogP contribution >= 0.6 is 0 Å². The van der Waals surface area contributed by atoms with Gasteiger partial charge < -0.3 is 10.2 Å². The van der Waals surface area contributed by atoms with E-state index in [4.69, 9.17) is 0 Å². The largest absolute Gasteiger partial charge is 0.340 e. The molecule has 20 heavy (non-hydrogen) atoms. The third kappa shape index (κ3) is 4.19. The smallest absolute Gasteiger partial charge is 0.243 e. The number of unbranched alkanes of at least 4 members (excludes halogenated alkanes) is 1. The van der Waals surface area contributed by atoms with Crippen molar-refractivity contribution >= 4 is 15.7 Å². The summed E-state index contributed by atoms with van der Waals surface area (Å²) in [6.45, 7) is 7.30. The van der Waals surface area contributed by atoms with Gasteiger partial charge in [-0.05, 0) is 39.7 Å². The van der Waals surface area contributed by atoms with E-state index in [2.05, 4.69) is 12.2 Å². The molecule has 5 nitrogen and oxygen atoms in total. The zero-order valence-corrected chi connectivity index (χ0v) is 13.9. The summed E-state index contributed by atoms with van der Waals surface area (Å²) in [6, 6.07) is 0.297. The number of nitrogens with zero attached hydrogens (tertiary/aromatic N) is 1. The van der Waals surface area contributed by atoms with Crippen LogP contribution in [0.5, 0.6) is 0 Å². The highest BCUT2D eigenvalue weighted by atomic mass is 32.2. The van der Waals surface area contributed by atoms with Crippen LogP contribution in [0.4, 0.5) is 0 Å². The summed E-state index contributed by atoms with van der Waals surface area (Å²) < 4.78 is 22.3. The van der Waals surface area contributed by atoms with Crippen LogP contribution in [-0.2, 0) is 14.6 Å². The summed E-state index contributed by atoms with van der Waals surface area (Å²) in [5.41, 5.74) is 0. The van der Waals surface area contributed by atoms with E-state index >= 15 is 0 Å². The fraction of sp³-hybridized carbons (Fsp3) is 0.929. The van der Waals surface area contributed by atoms with Crippen LogP contribution in [-0.4, -0.2) is 55.9 Å². The summed E-state index contributed by atoms with van der Waals surface area (Å²) in [6.07, 6.45) is 5.20. The lowest BCUT2D eigenvalue weighted by molar-refractivity contribution is -0.133. The molecule has 0 aromatic rings. The Kier molecular flexibility index (Phi) is 6.01. The number of sulfone groups is 1. The molecule has 1 saturated heterocycles. The first-order valence-corrected chi connectivity index (χ1v) is 9.31. The van der Waals surface area contributed by atoms with Gasteiger partial charge in [-0.1, -0.05) is 13.3 Å². The first-order valence-electron chi connectivity index (χ1n) is 7.42. The van der Waals surface area contributed by atoms with Crippen LogP contribution < -0.4 is 5.32 Å². The average molecular weight is 304 g/mol. The number of hydrogen-bond acceptors (Lipinski definition) is 4. The molecular formula is C14H28N2O3S. The van der Waals surface area contributed by atoms with E-state index in [0.717, 1.165) is 38.5 Å². The lowest BCUT2D eigenvalue weighted by atomic mass is 10.1. The van der Waals surface area contributed by atoms with Crippen molar-refractivity contribution in [3.8, 4) is 0 Å². The van der Waals surface area contributed by atoms with Crippen LogP contribution in [0.25, 0.3) is 0 Å². The minimum absolute atomic E-state index is 0.276. The molecule has 1 atom stereocenters. The monoisotopic (exact) mass is 304 g/mol. The normalized spacial score (nSPS) is 20.1. The molecule has 1 fully saturated rings. The van der Waals surface area contributed by atoms with Crippen LogP contribution in [0.1, 0.15) is 46.5 Å². The van der Waals surface area contributed by atoms with Gasteiger partial charge in [0.25, 0.3) is 0 Å². The van der Waals surface area contributed by atoms with Crippen LogP contribution in [0.15, 0.2) is 0 Å². The predicted octanol–water partition coefficient (Wildman–Crippen LogP) is 1.19. The maximum absolute atomic E-state index is 12.6. The third-order valence-corrected chi connectivity index (χ3v) is 6.14. The number of carbonyl (C=O) groups is 1. The fourth-order valence-electron chi connectivity index (χ4n) is 2.34. The highest BCUT2D eigenvalue weighted by Gasteiger charge is 2.41. The van der Waals surface area contributed by atoms with E-state index in [-0.39, 0.29) is 5.91 Å². The number of hydrogen-bond donors (Lipinski definition) is 1. The minimum atomic E-state index is -3.42. The Balaban J connectivity index is 2.83. The summed E-state index contributed by atoms with van der Waals surface area (Å²) in [7, 11) is -3.42. The molecule has 1 rings (SSSR count). The number of amides is 1. The van der Waals surface area contributed by atoms with Crippen molar-refractivity contribution in [3.05, 3.63) is 0 Å². The molecule has 0 bridgehead atoms. The number of nitrogens with one attached hydrogen (secondary N) is 1. The Morgan fingerprint density at radius 3 is 2.50 bits per heavy atom. The first kappa shape index (κ1) is 17.4. The second-order valence-electron chi connectivity index (χ2n) is 6.18. The van der Waals surface area contributed by atoms with Gasteiger partial charge in [0.1, 0.15) is 4.75 Å². The Morgan fingerprint density at radius 2 is 2.05 bits per heavy atom. The van der Waals surface area contributed by atoms with E-state index in [1.807, 2.05) is 0 Å². The quantitative estimate of drug-likeness (QED) is 0.767. The van der Waals surface area contributed by atoms with Gasteiger partial charge >= 0.3 is 0 Å². The summed E-state index contributed by atoms with van der Waals surface area (Å²) in [5.74, 6) is -0.276. The fourth-order valence-corrected chi connectivity index (χ4v) is 2.79. The molecule has 1 unspecified atom stereocenters. The van der Waals surface area contributed by atoms with Gasteiger partial charge in [0, 0.05) is 25.4 Å². The molecule has 1 N–H and O–H groups in total. The van der Waals surface area contributed by atoms with Crippen LogP contribution in [0, 0.1) is 0 Å². The first-order chi connectivity index (χ1) is 9.20. The van der Waals surface area contributed by atoms with Gasteiger partial charge in [0.2, 0.25) is 5.91 Å². The molecule has 0 aliphatic carbocycles. The topological polar surface area (TPSA) is 66.5 Å². The van der Waals surface area contributed by atoms with Crippen molar-refractivity contribution in [1.82, 2.24) is 10.2 Å². The maximum Gasteiger partial charge on any atom is 0.243 e. The van der Waals surface area contributed by atoms with Crippen LogP contribution in [0.3, 0.4) is 0 Å². The number of carbonyl (C=O) groups excluding carboxylic acids is 1. The highest BCUT2D eigenvalue weighted by Crippen LogP contribution is 2.20. The summed E-state index contributed by atoms with van der Waals surface area (Å²) in [5, 5.41) is 3.37. The molecule has 1 aliphatic heterocycles. The van der Waals surface area contributed by atoms with Crippen molar-refractivity contribution < 1.29 is 13.2 Å². The molecule has 0 spiro atoms. The molecule has 1 heterocycles. The Hall–Kier alpha value is -0.620. The van der Waals surface area contributed by atoms with Gasteiger partial charge in [-0.3, -0.25) is 4.79 Å². The van der Waals surface area contributed by atoms with E-state index in [1.54, 1.807) is 4.90 Å². The van der Waals surface area contributed by atoms with Gasteiger partial charge in [-0.15, -0.1) is 0 Å². The molecule has 118 valence electrons. The van der Waals surface area contributed by atoms with Gasteiger partial charge in [0.15, 0.2) is 9.84 Å². The molecule has 0 aromatic carbocycles. The van der Waals surface area contributed by atoms with Gasteiger partial charge in [-0.2, -0.15) is 0 Å². The second kappa shape index (κ2) is 6.89. The van der Waals surface area contributed by atoms with E-state index in [1.165, 1.54) is 13.8 Å². The molecule has 1 aliphatic rings. The Labute approximate surface area is 123 Å². The lowest BCUT2D eigenvalue weighted by Gasteiger charge is -2.32. The third-order valence-electron chi connectivity index (χ3n) is 4.11. The SMILES string of the molecule is CCCCN(CC1CCCN1)C(=O)C(C)(C)S(C)(=O)=O. The van der Waals surface area contributed by atoms with E-state index in [9.17, 15) is 13.2 Å². The average Bonchev–Trinajstić information content (AvgIpc) is 2.84. The van der Waals surface area contributed by atoms with Gasteiger partial charge in [0.05, 0.1) is 0 Å². The van der Waals surface area contributed by atoms with Crippen molar-refractivity contribution in [2.75, 3.05) is 25.9 Å². The molecular weight excluding hydrogens is 276 g/mol. The maximum atomic E-state index is 12.6.